The molecule has 1 unspecified atom stereocenters. The minimum absolute atomic E-state index is 0.188. The van der Waals surface area contributed by atoms with Gasteiger partial charge in [-0.05, 0) is 12.8 Å². The first-order chi connectivity index (χ1) is 7.17. The Morgan fingerprint density at radius 1 is 1.40 bits per heavy atom. The zero-order chi connectivity index (χ0) is 11.3. The summed E-state index contributed by atoms with van der Waals surface area (Å²) < 4.78 is 2.25. The molecule has 0 spiro atoms. The zero-order valence-corrected chi connectivity index (χ0v) is 10.1. The van der Waals surface area contributed by atoms with Crippen LogP contribution in [0.2, 0.25) is 0 Å². The van der Waals surface area contributed by atoms with Gasteiger partial charge in [0.1, 0.15) is 5.82 Å². The van der Waals surface area contributed by atoms with Crippen molar-refractivity contribution in [1.82, 2.24) is 9.55 Å². The van der Waals surface area contributed by atoms with E-state index in [9.17, 15) is 0 Å². The number of hydrogen-bond donors (Lipinski definition) is 1. The molecule has 1 heterocycles. The Balaban J connectivity index is 2.63. The first-order valence-electron chi connectivity index (χ1n) is 5.92. The van der Waals surface area contributed by atoms with Crippen molar-refractivity contribution in [2.24, 2.45) is 11.7 Å². The van der Waals surface area contributed by atoms with Crippen LogP contribution >= 0.6 is 0 Å². The Morgan fingerprint density at radius 2 is 2.07 bits per heavy atom. The van der Waals surface area contributed by atoms with Gasteiger partial charge in [0.2, 0.25) is 0 Å². The molecule has 0 aromatic carbocycles. The molecule has 3 nitrogen and oxygen atoms in total. The molecule has 0 bridgehead atoms. The Hall–Kier alpha value is -0.830. The largest absolute Gasteiger partial charge is 0.335 e. The number of hydrogen-bond acceptors (Lipinski definition) is 2. The molecular formula is C12H23N3. The SMILES string of the molecule is CCC(CC)Cn1ccnc1CC(C)N. The van der Waals surface area contributed by atoms with E-state index in [1.54, 1.807) is 0 Å². The summed E-state index contributed by atoms with van der Waals surface area (Å²) in [6.45, 7) is 7.60. The van der Waals surface area contributed by atoms with Crippen molar-refractivity contribution in [3.8, 4) is 0 Å². The van der Waals surface area contributed by atoms with E-state index >= 15 is 0 Å². The summed E-state index contributed by atoms with van der Waals surface area (Å²) in [5.41, 5.74) is 5.79. The first-order valence-corrected chi connectivity index (χ1v) is 5.92. The van der Waals surface area contributed by atoms with Crippen molar-refractivity contribution in [2.45, 2.75) is 52.6 Å². The van der Waals surface area contributed by atoms with Gasteiger partial charge in [-0.1, -0.05) is 26.7 Å². The summed E-state index contributed by atoms with van der Waals surface area (Å²) in [6, 6.07) is 0.188. The molecule has 2 N–H and O–H groups in total. The van der Waals surface area contributed by atoms with Crippen LogP contribution in [0.25, 0.3) is 0 Å². The third-order valence-corrected chi connectivity index (χ3v) is 2.92. The van der Waals surface area contributed by atoms with Crippen molar-refractivity contribution < 1.29 is 0 Å². The molecule has 15 heavy (non-hydrogen) atoms. The Bertz CT molecular complexity index is 274. The lowest BCUT2D eigenvalue weighted by Gasteiger charge is -2.15. The van der Waals surface area contributed by atoms with Gasteiger partial charge in [-0.2, -0.15) is 0 Å². The molecule has 0 radical (unpaired) electrons. The number of nitrogens with zero attached hydrogens (tertiary/aromatic N) is 2. The fraction of sp³-hybridized carbons (Fsp3) is 0.750. The summed E-state index contributed by atoms with van der Waals surface area (Å²) in [5, 5.41) is 0. The third kappa shape index (κ3) is 3.67. The Morgan fingerprint density at radius 3 is 2.60 bits per heavy atom. The smallest absolute Gasteiger partial charge is 0.110 e. The summed E-state index contributed by atoms with van der Waals surface area (Å²) in [6.07, 6.45) is 7.27. The monoisotopic (exact) mass is 209 g/mol. The van der Waals surface area contributed by atoms with Crippen LogP contribution in [-0.4, -0.2) is 15.6 Å². The standard InChI is InChI=1S/C12H23N3/c1-4-11(5-2)9-15-7-6-14-12(15)8-10(3)13/h6-7,10-11H,4-5,8-9,13H2,1-3H3. The van der Waals surface area contributed by atoms with Gasteiger partial charge in [0.15, 0.2) is 0 Å². The highest BCUT2D eigenvalue weighted by Crippen LogP contribution is 2.12. The van der Waals surface area contributed by atoms with Gasteiger partial charge in [0.05, 0.1) is 0 Å². The predicted octanol–water partition coefficient (Wildman–Crippen LogP) is 2.21. The van der Waals surface area contributed by atoms with Crippen LogP contribution in [0.3, 0.4) is 0 Å². The van der Waals surface area contributed by atoms with E-state index in [1.165, 1.54) is 12.8 Å². The summed E-state index contributed by atoms with van der Waals surface area (Å²) in [7, 11) is 0. The highest BCUT2D eigenvalue weighted by atomic mass is 15.1. The molecule has 1 aromatic heterocycles. The average Bonchev–Trinajstić information content (AvgIpc) is 2.61. The fourth-order valence-corrected chi connectivity index (χ4v) is 1.81. The molecule has 0 amide bonds. The normalized spacial score (nSPS) is 13.4. The minimum Gasteiger partial charge on any atom is -0.335 e. The molecule has 0 aliphatic rings. The maximum absolute atomic E-state index is 5.79. The van der Waals surface area contributed by atoms with Gasteiger partial charge >= 0.3 is 0 Å². The quantitative estimate of drug-likeness (QED) is 0.780. The molecule has 1 rings (SSSR count). The van der Waals surface area contributed by atoms with Crippen molar-refractivity contribution in [2.75, 3.05) is 0 Å². The van der Waals surface area contributed by atoms with Crippen LogP contribution in [0.4, 0.5) is 0 Å². The van der Waals surface area contributed by atoms with Gasteiger partial charge in [0, 0.05) is 31.4 Å². The molecular weight excluding hydrogens is 186 g/mol. The van der Waals surface area contributed by atoms with Gasteiger partial charge in [-0.25, -0.2) is 4.98 Å². The lowest BCUT2D eigenvalue weighted by atomic mass is 10.0. The topological polar surface area (TPSA) is 43.8 Å². The van der Waals surface area contributed by atoms with Crippen molar-refractivity contribution in [1.29, 1.82) is 0 Å². The van der Waals surface area contributed by atoms with Crippen LogP contribution in [-0.2, 0) is 13.0 Å². The van der Waals surface area contributed by atoms with E-state index in [-0.39, 0.29) is 6.04 Å². The summed E-state index contributed by atoms with van der Waals surface area (Å²) >= 11 is 0. The summed E-state index contributed by atoms with van der Waals surface area (Å²) in [5.74, 6) is 1.88. The molecule has 86 valence electrons. The second-order valence-corrected chi connectivity index (χ2v) is 4.36. The van der Waals surface area contributed by atoms with Crippen LogP contribution < -0.4 is 5.73 Å². The second kappa shape index (κ2) is 5.91. The number of imidazole rings is 1. The van der Waals surface area contributed by atoms with Crippen molar-refractivity contribution in [3.63, 3.8) is 0 Å². The van der Waals surface area contributed by atoms with Crippen LogP contribution in [0, 0.1) is 5.92 Å². The molecule has 0 fully saturated rings. The maximum Gasteiger partial charge on any atom is 0.110 e. The van der Waals surface area contributed by atoms with Crippen LogP contribution in [0.1, 0.15) is 39.4 Å². The summed E-state index contributed by atoms with van der Waals surface area (Å²) in [4.78, 5) is 4.36. The van der Waals surface area contributed by atoms with Crippen LogP contribution in [0.5, 0.6) is 0 Å². The first kappa shape index (κ1) is 12.2. The lowest BCUT2D eigenvalue weighted by Crippen LogP contribution is -2.21. The van der Waals surface area contributed by atoms with E-state index in [0.29, 0.717) is 0 Å². The number of rotatable bonds is 6. The third-order valence-electron chi connectivity index (χ3n) is 2.92. The second-order valence-electron chi connectivity index (χ2n) is 4.36. The number of nitrogens with two attached hydrogens (primary N) is 1. The average molecular weight is 209 g/mol. The molecule has 3 heteroatoms. The van der Waals surface area contributed by atoms with Crippen LogP contribution in [0.15, 0.2) is 12.4 Å². The fourth-order valence-electron chi connectivity index (χ4n) is 1.81. The lowest BCUT2D eigenvalue weighted by molar-refractivity contribution is 0.408. The van der Waals surface area contributed by atoms with Gasteiger partial charge in [-0.3, -0.25) is 0 Å². The zero-order valence-electron chi connectivity index (χ0n) is 10.1. The predicted molar refractivity (Wildman–Crippen MR) is 63.7 cm³/mol. The molecule has 0 aliphatic carbocycles. The van der Waals surface area contributed by atoms with Gasteiger partial charge in [-0.15, -0.1) is 0 Å². The molecule has 0 saturated heterocycles. The Kier molecular flexibility index (Phi) is 4.82. The molecule has 0 aliphatic heterocycles. The Labute approximate surface area is 92.7 Å². The van der Waals surface area contributed by atoms with Gasteiger partial charge < -0.3 is 10.3 Å². The molecule has 1 aromatic rings. The highest BCUT2D eigenvalue weighted by molar-refractivity contribution is 4.94. The molecule has 1 atom stereocenters. The maximum atomic E-state index is 5.79. The highest BCUT2D eigenvalue weighted by Gasteiger charge is 2.09. The van der Waals surface area contributed by atoms with Crippen molar-refractivity contribution in [3.05, 3.63) is 18.2 Å². The minimum atomic E-state index is 0.188. The van der Waals surface area contributed by atoms with E-state index in [4.69, 9.17) is 5.73 Å². The van der Waals surface area contributed by atoms with Crippen molar-refractivity contribution >= 4 is 0 Å². The van der Waals surface area contributed by atoms with E-state index < -0.39 is 0 Å². The van der Waals surface area contributed by atoms with E-state index in [2.05, 4.69) is 29.6 Å². The number of aromatic nitrogens is 2. The van der Waals surface area contributed by atoms with E-state index in [0.717, 1.165) is 24.7 Å². The van der Waals surface area contributed by atoms with Gasteiger partial charge in [0.25, 0.3) is 0 Å². The molecule has 0 saturated carbocycles. The van der Waals surface area contributed by atoms with E-state index in [1.807, 2.05) is 13.1 Å².